The number of benzene rings is 2. The molecule has 3 rings (SSSR count). The monoisotopic (exact) mass is 694 g/mol. The van der Waals surface area contributed by atoms with Gasteiger partial charge in [-0.15, -0.1) is 0 Å². The molecule has 1 aromatic heterocycles. The van der Waals surface area contributed by atoms with Crippen LogP contribution < -0.4 is 15.1 Å². The fourth-order valence-electron chi connectivity index (χ4n) is 4.62. The van der Waals surface area contributed by atoms with E-state index in [4.69, 9.17) is 13.9 Å². The second-order valence-electron chi connectivity index (χ2n) is 12.4. The number of hydrogen-bond acceptors (Lipinski definition) is 6. The number of carbonyl (C=O) groups is 1. The maximum Gasteiger partial charge on any atom is 0.378 e. The zero-order valence-corrected chi connectivity index (χ0v) is 27.2. The molecule has 0 saturated carbocycles. The van der Waals surface area contributed by atoms with Crippen molar-refractivity contribution in [2.45, 2.75) is 89.9 Å². The first-order valence-corrected chi connectivity index (χ1v) is 15.2. The maximum atomic E-state index is 14.4. The van der Waals surface area contributed by atoms with Crippen LogP contribution in [-0.2, 0) is 16.0 Å². The second kappa shape index (κ2) is 14.7. The average molecular weight is 695 g/mol. The molecule has 2 aromatic carbocycles. The number of methoxy groups -OCH3 is 1. The molecule has 0 bridgehead atoms. The highest BCUT2D eigenvalue weighted by Crippen LogP contribution is 2.54. The van der Waals surface area contributed by atoms with Gasteiger partial charge in [0, 0.05) is 17.0 Å². The number of fused-ring (bicyclic) bond motifs is 1. The summed E-state index contributed by atoms with van der Waals surface area (Å²) in [5.41, 5.74) is -0.395. The van der Waals surface area contributed by atoms with Gasteiger partial charge in [0.25, 0.3) is 0 Å². The third-order valence-corrected chi connectivity index (χ3v) is 7.59. The van der Waals surface area contributed by atoms with E-state index in [1.807, 2.05) is 12.1 Å². The van der Waals surface area contributed by atoms with Gasteiger partial charge in [0.15, 0.2) is 0 Å². The van der Waals surface area contributed by atoms with Crippen LogP contribution >= 0.6 is 0 Å². The summed E-state index contributed by atoms with van der Waals surface area (Å²) in [5, 5.41) is 0.373. The second-order valence-corrected chi connectivity index (χ2v) is 12.4. The fourth-order valence-corrected chi connectivity index (χ4v) is 4.62. The van der Waals surface area contributed by atoms with Gasteiger partial charge in [-0.2, -0.15) is 35.1 Å². The molecule has 0 N–H and O–H groups in total. The molecule has 0 aliphatic carbocycles. The number of carbonyl (C=O) groups excluding carboxylic acids is 1. The van der Waals surface area contributed by atoms with Crippen LogP contribution in [0.4, 0.5) is 35.1 Å². The summed E-state index contributed by atoms with van der Waals surface area (Å²) in [4.78, 5) is 24.5. The molecule has 266 valence electrons. The van der Waals surface area contributed by atoms with Crippen molar-refractivity contribution in [3.05, 3.63) is 58.4 Å². The van der Waals surface area contributed by atoms with Crippen LogP contribution in [0, 0.1) is 5.41 Å². The summed E-state index contributed by atoms with van der Waals surface area (Å²) in [6.45, 7) is 3.39. The lowest BCUT2D eigenvalue weighted by molar-refractivity contribution is -0.369. The van der Waals surface area contributed by atoms with Gasteiger partial charge < -0.3 is 18.6 Å². The van der Waals surface area contributed by atoms with E-state index in [1.165, 1.54) is 46.1 Å². The molecule has 0 unspecified atom stereocenters. The zero-order chi connectivity index (χ0) is 36.1. The highest BCUT2D eigenvalue weighted by Gasteiger charge is 2.79. The highest BCUT2D eigenvalue weighted by molar-refractivity contribution is 5.84. The van der Waals surface area contributed by atoms with Gasteiger partial charge in [-0.05, 0) is 63.4 Å². The van der Waals surface area contributed by atoms with Crippen molar-refractivity contribution in [1.82, 2.24) is 0 Å². The van der Waals surface area contributed by atoms with Crippen molar-refractivity contribution in [2.24, 2.45) is 5.41 Å². The molecule has 0 fully saturated rings. The van der Waals surface area contributed by atoms with Crippen molar-refractivity contribution in [3.63, 3.8) is 0 Å². The number of halogens is 8. The Morgan fingerprint density at radius 3 is 2.00 bits per heavy atom. The van der Waals surface area contributed by atoms with E-state index in [0.29, 0.717) is 16.7 Å². The number of hydrogen-bond donors (Lipinski definition) is 0. The minimum atomic E-state index is -6.51. The average Bonchev–Trinajstić information content (AvgIpc) is 2.99. The summed E-state index contributed by atoms with van der Waals surface area (Å²) in [6.07, 6.45) is -0.252. The van der Waals surface area contributed by atoms with Crippen LogP contribution in [0.15, 0.2) is 51.7 Å². The van der Waals surface area contributed by atoms with E-state index in [-0.39, 0.29) is 16.9 Å². The van der Waals surface area contributed by atoms with Gasteiger partial charge in [0.1, 0.15) is 17.1 Å². The molecule has 0 saturated heterocycles. The van der Waals surface area contributed by atoms with E-state index >= 15 is 0 Å². The fraction of sp³-hybridized carbons (Fsp3) is 0.529. The molecule has 14 heteroatoms. The minimum Gasteiger partial charge on any atom is -0.496 e. The molecule has 0 amide bonds. The van der Waals surface area contributed by atoms with Crippen LogP contribution in [0.1, 0.15) is 65.4 Å². The molecule has 0 spiro atoms. The molecule has 0 atom stereocenters. The summed E-state index contributed by atoms with van der Waals surface area (Å²) in [6, 6.07) is 10.6. The van der Waals surface area contributed by atoms with Crippen LogP contribution in [0.5, 0.6) is 11.5 Å². The van der Waals surface area contributed by atoms with Crippen molar-refractivity contribution in [3.8, 4) is 22.6 Å². The van der Waals surface area contributed by atoms with Crippen LogP contribution in [0.25, 0.3) is 22.1 Å². The lowest BCUT2D eigenvalue weighted by atomic mass is 9.95. The molecular weight excluding hydrogens is 656 g/mol. The lowest BCUT2D eigenvalue weighted by Crippen LogP contribution is -2.62. The standard InChI is InChI=1S/C34H38F8O6/c1-6-7-8-9-21-10-13-24(27(18-21)45-5)25-19-22-11-12-23(20-26(22)48-28(25)43)46-16-14-31(35,36)33(39,40)34(41,42)32(37,38)15-17-47-29(44)30(2,3)4/h10-13,18-20H,6-9,14-17H2,1-5H3. The Bertz CT molecular complexity index is 1630. The quantitative estimate of drug-likeness (QED) is 0.0644. The predicted molar refractivity (Wildman–Crippen MR) is 163 cm³/mol. The van der Waals surface area contributed by atoms with E-state index in [2.05, 4.69) is 11.7 Å². The Balaban J connectivity index is 1.71. The maximum absolute atomic E-state index is 14.4. The molecule has 0 radical (unpaired) electrons. The SMILES string of the molecule is CCCCCc1ccc(-c2cc3ccc(OCCC(F)(F)C(F)(F)C(F)(F)C(F)(F)CCOC(=O)C(C)(C)C)cc3oc2=O)c(OC)c1. The highest BCUT2D eigenvalue weighted by atomic mass is 19.4. The first-order valence-electron chi connectivity index (χ1n) is 15.2. The summed E-state index contributed by atoms with van der Waals surface area (Å²) < 4.78 is 135. The molecule has 48 heavy (non-hydrogen) atoms. The van der Waals surface area contributed by atoms with E-state index in [1.54, 1.807) is 6.07 Å². The van der Waals surface area contributed by atoms with Gasteiger partial charge in [0.05, 0.1) is 44.1 Å². The number of aryl methyl sites for hydroxylation is 1. The molecule has 0 aliphatic heterocycles. The van der Waals surface area contributed by atoms with Crippen LogP contribution in [-0.4, -0.2) is 50.0 Å². The minimum absolute atomic E-state index is 0.0631. The summed E-state index contributed by atoms with van der Waals surface area (Å²) in [5.74, 6) is -25.2. The van der Waals surface area contributed by atoms with Crippen molar-refractivity contribution in [2.75, 3.05) is 20.3 Å². The van der Waals surface area contributed by atoms with Gasteiger partial charge in [-0.1, -0.05) is 31.9 Å². The smallest absolute Gasteiger partial charge is 0.378 e. The lowest BCUT2D eigenvalue weighted by Gasteiger charge is -2.36. The Morgan fingerprint density at radius 2 is 1.42 bits per heavy atom. The van der Waals surface area contributed by atoms with E-state index in [9.17, 15) is 44.7 Å². The largest absolute Gasteiger partial charge is 0.496 e. The first kappa shape index (κ1) is 38.6. The normalized spacial score (nSPS) is 13.1. The predicted octanol–water partition coefficient (Wildman–Crippen LogP) is 9.49. The van der Waals surface area contributed by atoms with Gasteiger partial charge in [-0.3, -0.25) is 4.79 Å². The van der Waals surface area contributed by atoms with Crippen LogP contribution in [0.2, 0.25) is 0 Å². The van der Waals surface area contributed by atoms with Gasteiger partial charge in [-0.25, -0.2) is 4.79 Å². The number of rotatable bonds is 16. The van der Waals surface area contributed by atoms with Gasteiger partial charge in [0.2, 0.25) is 0 Å². The van der Waals surface area contributed by atoms with Crippen LogP contribution in [0.3, 0.4) is 0 Å². The first-order chi connectivity index (χ1) is 22.2. The number of unbranched alkanes of at least 4 members (excludes halogenated alkanes) is 2. The molecule has 1 heterocycles. The summed E-state index contributed by atoms with van der Waals surface area (Å²) >= 11 is 0. The molecule has 0 aliphatic rings. The van der Waals surface area contributed by atoms with Crippen molar-refractivity contribution < 1.29 is 58.5 Å². The van der Waals surface area contributed by atoms with Crippen molar-refractivity contribution in [1.29, 1.82) is 0 Å². The number of esters is 1. The van der Waals surface area contributed by atoms with E-state index in [0.717, 1.165) is 37.3 Å². The molecule has 6 nitrogen and oxygen atoms in total. The van der Waals surface area contributed by atoms with E-state index < -0.39 is 66.8 Å². The zero-order valence-electron chi connectivity index (χ0n) is 27.2. The molecule has 3 aromatic rings. The molecular formula is C34H38F8O6. The Kier molecular flexibility index (Phi) is 11.8. The summed E-state index contributed by atoms with van der Waals surface area (Å²) in [7, 11) is 1.46. The van der Waals surface area contributed by atoms with Crippen molar-refractivity contribution >= 4 is 16.9 Å². The number of ether oxygens (including phenoxy) is 3. The Hall–Kier alpha value is -3.84. The third kappa shape index (κ3) is 8.41. The van der Waals surface area contributed by atoms with Gasteiger partial charge >= 0.3 is 35.3 Å². The topological polar surface area (TPSA) is 75.0 Å². The number of alkyl halides is 8. The Morgan fingerprint density at radius 1 is 0.792 bits per heavy atom. The Labute approximate surface area is 272 Å². The third-order valence-electron chi connectivity index (χ3n) is 7.59.